The summed E-state index contributed by atoms with van der Waals surface area (Å²) < 4.78 is 28.7. The number of hydrazone groups is 1. The van der Waals surface area contributed by atoms with Crippen LogP contribution in [-0.4, -0.2) is 57.0 Å². The number of methoxy groups -OCH3 is 2. The standard InChI is InChI=1S/C32H35BrN4O8/c1-5-43-25-15-22(29-28(31(39)42-4)19(2)35-32(40)36-29)11-12-24(25)44-18-27(38)37-34-16-21-13-23(33)30(26(14-21)41-3)45-17-20-9-7-6-8-10-20/h6-16,27,29,37-38H,5,17-18H2,1-4H3,(H2,35,36,40)/b34-16-/t27-,29+/m0/s1. The summed E-state index contributed by atoms with van der Waals surface area (Å²) >= 11 is 3.54. The van der Waals surface area contributed by atoms with Gasteiger partial charge in [-0.15, -0.1) is 0 Å². The summed E-state index contributed by atoms with van der Waals surface area (Å²) in [6.45, 7) is 3.99. The highest BCUT2D eigenvalue weighted by Crippen LogP contribution is 2.37. The van der Waals surface area contributed by atoms with Crippen LogP contribution in [0.1, 0.15) is 36.6 Å². The number of hydrogen-bond acceptors (Lipinski definition) is 10. The Balaban J connectivity index is 1.39. The van der Waals surface area contributed by atoms with Crippen molar-refractivity contribution in [1.29, 1.82) is 0 Å². The number of allylic oxidation sites excluding steroid dienone is 1. The molecular formula is C32H35BrN4O8. The third-order valence-corrected chi connectivity index (χ3v) is 7.18. The van der Waals surface area contributed by atoms with Gasteiger partial charge in [0.1, 0.15) is 13.2 Å². The van der Waals surface area contributed by atoms with E-state index in [1.54, 1.807) is 38.3 Å². The molecule has 1 aliphatic rings. The summed E-state index contributed by atoms with van der Waals surface area (Å²) in [6.07, 6.45) is 0.369. The second-order valence-electron chi connectivity index (χ2n) is 9.72. The third kappa shape index (κ3) is 8.67. The maximum atomic E-state index is 12.5. The van der Waals surface area contributed by atoms with E-state index in [1.807, 2.05) is 43.3 Å². The van der Waals surface area contributed by atoms with Crippen LogP contribution in [0.2, 0.25) is 0 Å². The van der Waals surface area contributed by atoms with Crippen LogP contribution in [0, 0.1) is 0 Å². The van der Waals surface area contributed by atoms with Gasteiger partial charge < -0.3 is 39.4 Å². The zero-order valence-electron chi connectivity index (χ0n) is 25.3. The molecule has 3 aromatic rings. The number of rotatable bonds is 14. The lowest BCUT2D eigenvalue weighted by molar-refractivity contribution is -0.136. The summed E-state index contributed by atoms with van der Waals surface area (Å²) in [6, 6.07) is 17.2. The van der Waals surface area contributed by atoms with Crippen molar-refractivity contribution in [2.24, 2.45) is 5.10 Å². The summed E-state index contributed by atoms with van der Waals surface area (Å²) in [7, 11) is 2.83. The molecule has 1 aliphatic heterocycles. The second kappa shape index (κ2) is 15.8. The van der Waals surface area contributed by atoms with E-state index in [1.165, 1.54) is 13.3 Å². The third-order valence-electron chi connectivity index (χ3n) is 6.59. The lowest BCUT2D eigenvalue weighted by atomic mass is 9.95. The molecule has 238 valence electrons. The van der Waals surface area contributed by atoms with Crippen molar-refractivity contribution in [3.63, 3.8) is 0 Å². The number of halogens is 1. The molecule has 0 aromatic heterocycles. The van der Waals surface area contributed by atoms with Crippen LogP contribution in [0.15, 0.2) is 81.5 Å². The number of urea groups is 1. The van der Waals surface area contributed by atoms with E-state index < -0.39 is 24.3 Å². The molecule has 13 heteroatoms. The Morgan fingerprint density at radius 1 is 1.07 bits per heavy atom. The Labute approximate surface area is 269 Å². The number of benzene rings is 3. The summed E-state index contributed by atoms with van der Waals surface area (Å²) in [5, 5.41) is 19.9. The molecule has 4 N–H and O–H groups in total. The van der Waals surface area contributed by atoms with Gasteiger partial charge in [-0.2, -0.15) is 5.10 Å². The van der Waals surface area contributed by atoms with Crippen molar-refractivity contribution in [1.82, 2.24) is 16.1 Å². The first kappa shape index (κ1) is 33.1. The molecule has 0 unspecified atom stereocenters. The number of amides is 2. The highest BCUT2D eigenvalue weighted by Gasteiger charge is 2.32. The van der Waals surface area contributed by atoms with E-state index in [0.29, 0.717) is 57.5 Å². The number of nitrogens with zero attached hydrogens (tertiary/aromatic N) is 1. The Kier molecular flexibility index (Phi) is 11.7. The smallest absolute Gasteiger partial charge is 0.337 e. The number of nitrogens with one attached hydrogen (secondary N) is 3. The van der Waals surface area contributed by atoms with Crippen LogP contribution in [-0.2, 0) is 16.1 Å². The average molecular weight is 684 g/mol. The highest BCUT2D eigenvalue weighted by molar-refractivity contribution is 9.10. The molecule has 0 saturated carbocycles. The van der Waals surface area contributed by atoms with Gasteiger partial charge >= 0.3 is 12.0 Å². The van der Waals surface area contributed by atoms with Crippen molar-refractivity contribution in [2.45, 2.75) is 32.7 Å². The first-order valence-electron chi connectivity index (χ1n) is 14.0. The highest BCUT2D eigenvalue weighted by atomic mass is 79.9. The fraction of sp³-hybridized carbons (Fsp3) is 0.281. The summed E-state index contributed by atoms with van der Waals surface area (Å²) in [5.74, 6) is 1.23. The number of hydrogen-bond donors (Lipinski definition) is 4. The predicted octanol–water partition coefficient (Wildman–Crippen LogP) is 4.56. The van der Waals surface area contributed by atoms with Crippen LogP contribution in [0.25, 0.3) is 0 Å². The minimum absolute atomic E-state index is 0.160. The molecule has 3 aromatic carbocycles. The lowest BCUT2D eigenvalue weighted by Crippen LogP contribution is -2.45. The number of esters is 1. The molecule has 0 aliphatic carbocycles. The molecule has 12 nitrogen and oxygen atoms in total. The molecule has 0 fully saturated rings. The SMILES string of the molecule is CCOc1cc([C@H]2NC(=O)NC(C)=C2C(=O)OC)ccc1OC[C@H](O)N/N=C\c1cc(Br)c(OCc2ccccc2)c(OC)c1. The van der Waals surface area contributed by atoms with Crippen molar-refractivity contribution in [2.75, 3.05) is 27.4 Å². The molecule has 1 heterocycles. The van der Waals surface area contributed by atoms with Gasteiger partial charge in [-0.1, -0.05) is 36.4 Å². The van der Waals surface area contributed by atoms with Crippen LogP contribution in [0.4, 0.5) is 4.79 Å². The van der Waals surface area contributed by atoms with Crippen molar-refractivity contribution in [3.8, 4) is 23.0 Å². The van der Waals surface area contributed by atoms with E-state index in [9.17, 15) is 14.7 Å². The molecule has 0 bridgehead atoms. The molecule has 45 heavy (non-hydrogen) atoms. The molecular weight excluding hydrogens is 648 g/mol. The number of carbonyl (C=O) groups excluding carboxylic acids is 2. The molecule has 2 atom stereocenters. The molecule has 4 rings (SSSR count). The van der Waals surface area contributed by atoms with E-state index in [-0.39, 0.29) is 12.2 Å². The Morgan fingerprint density at radius 2 is 1.84 bits per heavy atom. The minimum Gasteiger partial charge on any atom is -0.493 e. The van der Waals surface area contributed by atoms with E-state index in [0.717, 1.165) is 5.56 Å². The van der Waals surface area contributed by atoms with Gasteiger partial charge in [-0.3, -0.25) is 5.43 Å². The van der Waals surface area contributed by atoms with Gasteiger partial charge in [-0.05, 0) is 70.7 Å². The van der Waals surface area contributed by atoms with Crippen molar-refractivity contribution < 1.29 is 38.4 Å². The fourth-order valence-corrected chi connectivity index (χ4v) is 5.08. The fourth-order valence-electron chi connectivity index (χ4n) is 4.50. The molecule has 0 saturated heterocycles. The van der Waals surface area contributed by atoms with E-state index >= 15 is 0 Å². The number of ether oxygens (including phenoxy) is 5. The predicted molar refractivity (Wildman–Crippen MR) is 170 cm³/mol. The number of aliphatic hydroxyl groups is 1. The first-order chi connectivity index (χ1) is 21.7. The van der Waals surface area contributed by atoms with E-state index in [2.05, 4.69) is 37.1 Å². The zero-order valence-corrected chi connectivity index (χ0v) is 26.8. The van der Waals surface area contributed by atoms with Gasteiger partial charge in [0.15, 0.2) is 29.2 Å². The lowest BCUT2D eigenvalue weighted by Gasteiger charge is -2.28. The number of carbonyl (C=O) groups is 2. The summed E-state index contributed by atoms with van der Waals surface area (Å²) in [4.78, 5) is 24.6. The van der Waals surface area contributed by atoms with Crippen LogP contribution in [0.3, 0.4) is 0 Å². The second-order valence-corrected chi connectivity index (χ2v) is 10.6. The normalized spacial score (nSPS) is 15.2. The van der Waals surface area contributed by atoms with Crippen LogP contribution >= 0.6 is 15.9 Å². The minimum atomic E-state index is -1.16. The topological polar surface area (TPSA) is 149 Å². The van der Waals surface area contributed by atoms with Gasteiger partial charge in [0.2, 0.25) is 0 Å². The Bertz CT molecular complexity index is 1560. The van der Waals surface area contributed by atoms with Crippen molar-refractivity contribution in [3.05, 3.63) is 93.1 Å². The monoisotopic (exact) mass is 682 g/mol. The van der Waals surface area contributed by atoms with Gasteiger partial charge in [0.25, 0.3) is 0 Å². The quantitative estimate of drug-likeness (QED) is 0.0831. The molecule has 2 amide bonds. The number of aliphatic hydroxyl groups excluding tert-OH is 1. The largest absolute Gasteiger partial charge is 0.493 e. The van der Waals surface area contributed by atoms with E-state index in [4.69, 9.17) is 23.7 Å². The van der Waals surface area contributed by atoms with Gasteiger partial charge in [0.05, 0.1) is 43.1 Å². The van der Waals surface area contributed by atoms with Gasteiger partial charge in [0, 0.05) is 5.70 Å². The van der Waals surface area contributed by atoms with Gasteiger partial charge in [-0.25, -0.2) is 9.59 Å². The maximum absolute atomic E-state index is 12.5. The maximum Gasteiger partial charge on any atom is 0.337 e. The van der Waals surface area contributed by atoms with Crippen LogP contribution in [0.5, 0.6) is 23.0 Å². The Hall–Kier alpha value is -4.75. The molecule has 0 radical (unpaired) electrons. The van der Waals surface area contributed by atoms with Crippen LogP contribution < -0.4 is 35.0 Å². The van der Waals surface area contributed by atoms with Crippen molar-refractivity contribution >= 4 is 34.1 Å². The molecule has 0 spiro atoms. The Morgan fingerprint density at radius 3 is 2.56 bits per heavy atom. The zero-order chi connectivity index (χ0) is 32.3. The summed E-state index contributed by atoms with van der Waals surface area (Å²) in [5.41, 5.74) is 5.59. The first-order valence-corrected chi connectivity index (χ1v) is 14.8. The average Bonchev–Trinajstić information content (AvgIpc) is 3.03.